The van der Waals surface area contributed by atoms with Crippen molar-refractivity contribution in [3.63, 3.8) is 0 Å². The molecule has 0 aromatic carbocycles. The first-order valence-electron chi connectivity index (χ1n) is 9.74. The third-order valence-corrected chi connectivity index (χ3v) is 6.08. The molecule has 3 aliphatic heterocycles. The molecule has 7 nitrogen and oxygen atoms in total. The van der Waals surface area contributed by atoms with Crippen molar-refractivity contribution in [3.05, 3.63) is 0 Å². The van der Waals surface area contributed by atoms with E-state index in [4.69, 9.17) is 9.47 Å². The van der Waals surface area contributed by atoms with Gasteiger partial charge in [0.05, 0.1) is 31.7 Å². The molecular weight excluding hydrogens is 306 g/mol. The Morgan fingerprint density at radius 1 is 0.958 bits per heavy atom. The van der Waals surface area contributed by atoms with Gasteiger partial charge in [-0.3, -0.25) is 26.8 Å². The lowest BCUT2D eigenvalue weighted by molar-refractivity contribution is -0.0393. The van der Waals surface area contributed by atoms with Crippen LogP contribution in [0.2, 0.25) is 0 Å². The quantitative estimate of drug-likeness (QED) is 0.413. The Bertz CT molecular complexity index is 412. The Balaban J connectivity index is 1.46. The summed E-state index contributed by atoms with van der Waals surface area (Å²) in [6, 6.07) is 1.55. The van der Waals surface area contributed by atoms with Crippen LogP contribution in [0, 0.1) is 5.92 Å². The van der Waals surface area contributed by atoms with Gasteiger partial charge in [0.15, 0.2) is 0 Å². The molecule has 0 aromatic heterocycles. The lowest BCUT2D eigenvalue weighted by Gasteiger charge is -2.40. The molecule has 3 heterocycles. The Kier molecular flexibility index (Phi) is 5.68. The highest BCUT2D eigenvalue weighted by Crippen LogP contribution is 2.34. The van der Waals surface area contributed by atoms with Crippen LogP contribution in [-0.4, -0.2) is 62.9 Å². The number of rotatable bonds is 0. The van der Waals surface area contributed by atoms with Crippen LogP contribution in [0.1, 0.15) is 39.0 Å². The molecule has 24 heavy (non-hydrogen) atoms. The smallest absolute Gasteiger partial charge is 0.0966 e. The SMILES string of the molecule is C[C@@H]1CCNCOCC2NCCC(N2)C2NNC3CCC(CC32)O1. The summed E-state index contributed by atoms with van der Waals surface area (Å²) in [5.74, 6) is 0.649. The fourth-order valence-corrected chi connectivity index (χ4v) is 4.80. The van der Waals surface area contributed by atoms with E-state index >= 15 is 0 Å². The van der Waals surface area contributed by atoms with Gasteiger partial charge >= 0.3 is 0 Å². The summed E-state index contributed by atoms with van der Waals surface area (Å²) < 4.78 is 12.1. The largest absolute Gasteiger partial charge is 0.375 e. The molecule has 6 unspecified atom stereocenters. The summed E-state index contributed by atoms with van der Waals surface area (Å²) in [5, 5.41) is 10.6. The van der Waals surface area contributed by atoms with E-state index < -0.39 is 0 Å². The molecule has 4 fully saturated rings. The van der Waals surface area contributed by atoms with Gasteiger partial charge in [-0.2, -0.15) is 0 Å². The first kappa shape index (κ1) is 17.1. The molecule has 3 saturated heterocycles. The summed E-state index contributed by atoms with van der Waals surface area (Å²) in [4.78, 5) is 0. The second kappa shape index (κ2) is 7.95. The van der Waals surface area contributed by atoms with Crippen molar-refractivity contribution >= 4 is 0 Å². The van der Waals surface area contributed by atoms with Gasteiger partial charge in [0.2, 0.25) is 0 Å². The third kappa shape index (κ3) is 3.93. The number of ether oxygens (including phenoxy) is 2. The van der Waals surface area contributed by atoms with Crippen LogP contribution in [0.25, 0.3) is 0 Å². The molecule has 5 N–H and O–H groups in total. The minimum Gasteiger partial charge on any atom is -0.375 e. The summed E-state index contributed by atoms with van der Waals surface area (Å²) in [6.45, 7) is 5.50. The van der Waals surface area contributed by atoms with Crippen LogP contribution < -0.4 is 26.8 Å². The Morgan fingerprint density at radius 3 is 2.88 bits per heavy atom. The topological polar surface area (TPSA) is 78.6 Å². The molecule has 7 atom stereocenters. The number of hydrogen-bond acceptors (Lipinski definition) is 7. The molecule has 1 saturated carbocycles. The predicted molar refractivity (Wildman–Crippen MR) is 92.3 cm³/mol. The Labute approximate surface area is 145 Å². The van der Waals surface area contributed by atoms with Crippen LogP contribution in [0.5, 0.6) is 0 Å². The maximum Gasteiger partial charge on any atom is 0.0966 e. The molecule has 7 heteroatoms. The average Bonchev–Trinajstić information content (AvgIpc) is 3.01. The zero-order valence-electron chi connectivity index (χ0n) is 14.7. The van der Waals surface area contributed by atoms with Crippen molar-refractivity contribution in [2.45, 2.75) is 75.5 Å². The second-order valence-corrected chi connectivity index (χ2v) is 7.84. The highest BCUT2D eigenvalue weighted by Gasteiger charge is 2.44. The zero-order valence-corrected chi connectivity index (χ0v) is 14.7. The van der Waals surface area contributed by atoms with Crippen molar-refractivity contribution in [1.82, 2.24) is 26.8 Å². The number of hydrazine groups is 1. The summed E-state index contributed by atoms with van der Waals surface area (Å²) in [5.41, 5.74) is 7.15. The van der Waals surface area contributed by atoms with Gasteiger partial charge in [-0.25, -0.2) is 0 Å². The molecule has 0 aromatic rings. The van der Waals surface area contributed by atoms with Crippen LogP contribution in [-0.2, 0) is 9.47 Å². The molecular formula is C17H33N5O2. The Hall–Kier alpha value is -0.280. The van der Waals surface area contributed by atoms with Crippen LogP contribution in [0.4, 0.5) is 0 Å². The van der Waals surface area contributed by atoms with E-state index in [0.29, 0.717) is 49.6 Å². The minimum absolute atomic E-state index is 0.242. The predicted octanol–water partition coefficient (Wildman–Crippen LogP) is -0.350. The van der Waals surface area contributed by atoms with Crippen LogP contribution in [0.15, 0.2) is 0 Å². The molecule has 138 valence electrons. The lowest BCUT2D eigenvalue weighted by Crippen LogP contribution is -2.62. The summed E-state index contributed by atoms with van der Waals surface area (Å²) in [7, 11) is 0. The first-order chi connectivity index (χ1) is 11.8. The minimum atomic E-state index is 0.242. The van der Waals surface area contributed by atoms with E-state index in [1.54, 1.807) is 0 Å². The maximum atomic E-state index is 6.36. The molecule has 4 rings (SSSR count). The molecule has 4 bridgehead atoms. The van der Waals surface area contributed by atoms with Crippen LogP contribution >= 0.6 is 0 Å². The van der Waals surface area contributed by atoms with Crippen molar-refractivity contribution in [1.29, 1.82) is 0 Å². The highest BCUT2D eigenvalue weighted by molar-refractivity contribution is 5.02. The van der Waals surface area contributed by atoms with E-state index in [9.17, 15) is 0 Å². The monoisotopic (exact) mass is 339 g/mol. The third-order valence-electron chi connectivity index (χ3n) is 6.08. The van der Waals surface area contributed by atoms with E-state index in [0.717, 1.165) is 25.9 Å². The fourth-order valence-electron chi connectivity index (χ4n) is 4.80. The van der Waals surface area contributed by atoms with Gasteiger partial charge in [-0.1, -0.05) is 0 Å². The van der Waals surface area contributed by atoms with Crippen LogP contribution in [0.3, 0.4) is 0 Å². The molecule has 0 spiro atoms. The number of hydrogen-bond donors (Lipinski definition) is 5. The van der Waals surface area contributed by atoms with Gasteiger partial charge in [0.1, 0.15) is 0 Å². The second-order valence-electron chi connectivity index (χ2n) is 7.84. The number of fused-ring (bicyclic) bond motifs is 4. The van der Waals surface area contributed by atoms with Crippen molar-refractivity contribution < 1.29 is 9.47 Å². The van der Waals surface area contributed by atoms with Crippen molar-refractivity contribution in [3.8, 4) is 0 Å². The highest BCUT2D eigenvalue weighted by atomic mass is 16.5. The molecule has 0 amide bonds. The molecule has 0 radical (unpaired) electrons. The van der Waals surface area contributed by atoms with Crippen molar-refractivity contribution in [2.75, 3.05) is 26.4 Å². The first-order valence-corrected chi connectivity index (χ1v) is 9.74. The fraction of sp³-hybridized carbons (Fsp3) is 1.00. The zero-order chi connectivity index (χ0) is 16.4. The maximum absolute atomic E-state index is 6.36. The van der Waals surface area contributed by atoms with Crippen molar-refractivity contribution in [2.24, 2.45) is 5.92 Å². The Morgan fingerprint density at radius 2 is 1.92 bits per heavy atom. The van der Waals surface area contributed by atoms with Gasteiger partial charge in [0, 0.05) is 18.1 Å². The van der Waals surface area contributed by atoms with Gasteiger partial charge in [-0.15, -0.1) is 0 Å². The van der Waals surface area contributed by atoms with E-state index in [2.05, 4.69) is 33.7 Å². The summed E-state index contributed by atoms with van der Waals surface area (Å²) >= 11 is 0. The van der Waals surface area contributed by atoms with Gasteiger partial charge in [0.25, 0.3) is 0 Å². The molecule has 4 aliphatic rings. The van der Waals surface area contributed by atoms with E-state index in [1.165, 1.54) is 19.3 Å². The van der Waals surface area contributed by atoms with Gasteiger partial charge in [-0.05, 0) is 58.0 Å². The molecule has 1 aliphatic carbocycles. The van der Waals surface area contributed by atoms with E-state index in [1.807, 2.05) is 0 Å². The lowest BCUT2D eigenvalue weighted by atomic mass is 9.77. The normalized spacial score (nSPS) is 47.6. The van der Waals surface area contributed by atoms with E-state index in [-0.39, 0.29) is 6.17 Å². The average molecular weight is 339 g/mol. The summed E-state index contributed by atoms with van der Waals surface area (Å²) in [6.07, 6.45) is 6.70. The number of nitrogens with one attached hydrogen (secondary N) is 5. The standard InChI is InChI=1S/C17H33N5O2/c1-11-4-6-18-10-23-9-16-19-7-5-15(20-16)17-13-8-12(24-11)2-3-14(13)21-22-17/h11-22H,2-10H2,1H3/t11-,12?,13?,14?,15?,16?,17?/m1/s1. The van der Waals surface area contributed by atoms with Gasteiger partial charge < -0.3 is 9.47 Å².